The second-order valence-electron chi connectivity index (χ2n) is 3.17. The predicted octanol–water partition coefficient (Wildman–Crippen LogP) is 3.66. The molecular weight excluding hydrogens is 242 g/mol. The molecule has 2 N–H and O–H groups in total. The fourth-order valence-corrected chi connectivity index (χ4v) is 2.01. The molecule has 16 heavy (non-hydrogen) atoms. The molecule has 1 aromatic rings. The van der Waals surface area contributed by atoms with E-state index in [4.69, 9.17) is 5.73 Å². The molecule has 1 atom stereocenters. The first-order valence-corrected chi connectivity index (χ1v) is 5.42. The molecule has 1 nitrogen and oxygen atoms in total. The van der Waals surface area contributed by atoms with Crippen LogP contribution in [0.4, 0.5) is 17.6 Å². The summed E-state index contributed by atoms with van der Waals surface area (Å²) in [5, 5.41) is 0. The maximum absolute atomic E-state index is 12.2. The molecule has 0 amide bonds. The lowest BCUT2D eigenvalue weighted by atomic mass is 10.1. The van der Waals surface area contributed by atoms with Gasteiger partial charge in [0.2, 0.25) is 0 Å². The lowest BCUT2D eigenvalue weighted by Gasteiger charge is -2.15. The van der Waals surface area contributed by atoms with Crippen molar-refractivity contribution < 1.29 is 17.6 Å². The number of halogens is 4. The van der Waals surface area contributed by atoms with Crippen molar-refractivity contribution in [1.82, 2.24) is 0 Å². The van der Waals surface area contributed by atoms with Crippen LogP contribution in [0, 0.1) is 0 Å². The van der Waals surface area contributed by atoms with E-state index in [0.717, 1.165) is 0 Å². The fraction of sp³-hybridized carbons (Fsp3) is 0.400. The Hall–Kier alpha value is -0.750. The van der Waals surface area contributed by atoms with Crippen LogP contribution >= 0.6 is 11.8 Å². The summed E-state index contributed by atoms with van der Waals surface area (Å²) < 4.78 is 48.7. The standard InChI is InChI=1S/C10H11F4NS/c11-6-5-8(15)7-3-1-2-4-9(7)16-10(12,13)14/h1-4,8H,5-6,15H2/t8-/m0/s1. The zero-order chi connectivity index (χ0) is 12.2. The van der Waals surface area contributed by atoms with Gasteiger partial charge in [0.05, 0.1) is 6.67 Å². The summed E-state index contributed by atoms with van der Waals surface area (Å²) >= 11 is -0.221. The topological polar surface area (TPSA) is 26.0 Å². The Balaban J connectivity index is 2.91. The van der Waals surface area contributed by atoms with Crippen LogP contribution in [-0.4, -0.2) is 12.2 Å². The monoisotopic (exact) mass is 253 g/mol. The fourth-order valence-electron chi connectivity index (χ4n) is 1.28. The third-order valence-electron chi connectivity index (χ3n) is 1.96. The molecule has 6 heteroatoms. The molecule has 0 aromatic heterocycles. The molecule has 0 bridgehead atoms. The summed E-state index contributed by atoms with van der Waals surface area (Å²) in [6.45, 7) is -0.647. The SMILES string of the molecule is N[C@@H](CCF)c1ccccc1SC(F)(F)F. The van der Waals surface area contributed by atoms with Gasteiger partial charge in [-0.25, -0.2) is 0 Å². The first-order chi connectivity index (χ1) is 7.44. The Labute approximate surface area is 95.0 Å². The van der Waals surface area contributed by atoms with Crippen LogP contribution in [0.5, 0.6) is 0 Å². The molecule has 0 heterocycles. The molecule has 0 aliphatic rings. The summed E-state index contributed by atoms with van der Waals surface area (Å²) in [5.74, 6) is 0. The van der Waals surface area contributed by atoms with Gasteiger partial charge >= 0.3 is 5.51 Å². The van der Waals surface area contributed by atoms with E-state index in [1.165, 1.54) is 18.2 Å². The summed E-state index contributed by atoms with van der Waals surface area (Å²) in [6, 6.07) is 5.23. The smallest absolute Gasteiger partial charge is 0.324 e. The van der Waals surface area contributed by atoms with E-state index in [0.29, 0.717) is 5.56 Å². The predicted molar refractivity (Wildman–Crippen MR) is 55.9 cm³/mol. The van der Waals surface area contributed by atoms with Crippen LogP contribution in [0.2, 0.25) is 0 Å². The molecule has 0 saturated carbocycles. The van der Waals surface area contributed by atoms with Crippen molar-refractivity contribution in [1.29, 1.82) is 0 Å². The molecule has 0 radical (unpaired) electrons. The molecule has 0 unspecified atom stereocenters. The number of hydrogen-bond donors (Lipinski definition) is 1. The lowest BCUT2D eigenvalue weighted by molar-refractivity contribution is -0.0328. The lowest BCUT2D eigenvalue weighted by Crippen LogP contribution is -2.13. The third kappa shape index (κ3) is 4.02. The first-order valence-electron chi connectivity index (χ1n) is 4.60. The van der Waals surface area contributed by atoms with Crippen molar-refractivity contribution >= 4 is 11.8 Å². The number of alkyl halides is 4. The van der Waals surface area contributed by atoms with Crippen molar-refractivity contribution in [3.8, 4) is 0 Å². The molecule has 0 aliphatic carbocycles. The molecule has 0 aliphatic heterocycles. The van der Waals surface area contributed by atoms with E-state index in [-0.39, 0.29) is 23.1 Å². The van der Waals surface area contributed by atoms with Gasteiger partial charge < -0.3 is 5.73 Å². The average Bonchev–Trinajstić information content (AvgIpc) is 2.16. The minimum Gasteiger partial charge on any atom is -0.324 e. The van der Waals surface area contributed by atoms with E-state index in [1.807, 2.05) is 0 Å². The van der Waals surface area contributed by atoms with Crippen LogP contribution in [0.3, 0.4) is 0 Å². The normalized spacial score (nSPS) is 13.8. The van der Waals surface area contributed by atoms with Gasteiger partial charge in [-0.05, 0) is 29.8 Å². The zero-order valence-electron chi connectivity index (χ0n) is 8.30. The average molecular weight is 253 g/mol. The maximum Gasteiger partial charge on any atom is 0.446 e. The zero-order valence-corrected chi connectivity index (χ0v) is 9.11. The van der Waals surface area contributed by atoms with Crippen molar-refractivity contribution in [2.75, 3.05) is 6.67 Å². The molecule has 1 rings (SSSR count). The second kappa shape index (κ2) is 5.54. The first kappa shape index (κ1) is 13.3. The van der Waals surface area contributed by atoms with Gasteiger partial charge in [0.1, 0.15) is 0 Å². The highest BCUT2D eigenvalue weighted by Crippen LogP contribution is 2.40. The van der Waals surface area contributed by atoms with Gasteiger partial charge in [0.25, 0.3) is 0 Å². The largest absolute Gasteiger partial charge is 0.446 e. The highest BCUT2D eigenvalue weighted by atomic mass is 32.2. The molecular formula is C10H11F4NS. The third-order valence-corrected chi connectivity index (χ3v) is 2.79. The summed E-state index contributed by atoms with van der Waals surface area (Å²) in [6.07, 6.45) is 0.0232. The van der Waals surface area contributed by atoms with Gasteiger partial charge in [-0.2, -0.15) is 13.2 Å². The number of thioether (sulfide) groups is 1. The van der Waals surface area contributed by atoms with Gasteiger partial charge in [-0.15, -0.1) is 0 Å². The van der Waals surface area contributed by atoms with Crippen LogP contribution < -0.4 is 5.73 Å². The van der Waals surface area contributed by atoms with Crippen molar-refractivity contribution in [2.45, 2.75) is 22.9 Å². The van der Waals surface area contributed by atoms with Crippen LogP contribution in [0.15, 0.2) is 29.2 Å². The van der Waals surface area contributed by atoms with Gasteiger partial charge in [-0.3, -0.25) is 4.39 Å². The van der Waals surface area contributed by atoms with Crippen LogP contribution in [0.25, 0.3) is 0 Å². The minimum absolute atomic E-state index is 0.0232. The second-order valence-corrected chi connectivity index (χ2v) is 4.28. The highest BCUT2D eigenvalue weighted by Gasteiger charge is 2.30. The highest BCUT2D eigenvalue weighted by molar-refractivity contribution is 8.00. The number of hydrogen-bond acceptors (Lipinski definition) is 2. The quantitative estimate of drug-likeness (QED) is 0.654. The molecule has 0 spiro atoms. The molecule has 90 valence electrons. The van der Waals surface area contributed by atoms with Gasteiger partial charge in [0, 0.05) is 10.9 Å². The minimum atomic E-state index is -4.36. The van der Waals surface area contributed by atoms with Crippen molar-refractivity contribution in [3.63, 3.8) is 0 Å². The van der Waals surface area contributed by atoms with Crippen molar-refractivity contribution in [3.05, 3.63) is 29.8 Å². The Kier molecular flexibility index (Phi) is 4.61. The molecule has 0 saturated heterocycles. The van der Waals surface area contributed by atoms with Gasteiger partial charge in [-0.1, -0.05) is 18.2 Å². The molecule has 0 fully saturated rings. The Morgan fingerprint density at radius 2 is 1.88 bits per heavy atom. The number of benzene rings is 1. The molecule has 1 aromatic carbocycles. The van der Waals surface area contributed by atoms with Gasteiger partial charge in [0.15, 0.2) is 0 Å². The van der Waals surface area contributed by atoms with Crippen LogP contribution in [0.1, 0.15) is 18.0 Å². The maximum atomic E-state index is 12.2. The summed E-state index contributed by atoms with van der Waals surface area (Å²) in [5.41, 5.74) is 1.58. The Morgan fingerprint density at radius 3 is 2.44 bits per heavy atom. The van der Waals surface area contributed by atoms with E-state index < -0.39 is 18.2 Å². The summed E-state index contributed by atoms with van der Waals surface area (Å²) in [7, 11) is 0. The van der Waals surface area contributed by atoms with E-state index in [2.05, 4.69) is 0 Å². The van der Waals surface area contributed by atoms with E-state index in [9.17, 15) is 17.6 Å². The Bertz CT molecular complexity index is 340. The number of nitrogens with two attached hydrogens (primary N) is 1. The van der Waals surface area contributed by atoms with E-state index in [1.54, 1.807) is 6.07 Å². The van der Waals surface area contributed by atoms with E-state index >= 15 is 0 Å². The number of rotatable bonds is 4. The van der Waals surface area contributed by atoms with Crippen LogP contribution in [-0.2, 0) is 0 Å². The van der Waals surface area contributed by atoms with Crippen molar-refractivity contribution in [2.24, 2.45) is 5.73 Å². The Morgan fingerprint density at radius 1 is 1.25 bits per heavy atom. The summed E-state index contributed by atoms with van der Waals surface area (Å²) in [4.78, 5) is 0.0379.